The quantitative estimate of drug-likeness (QED) is 0.490. The highest BCUT2D eigenvalue weighted by atomic mass is 19.2. The molecule has 9 heteroatoms. The van der Waals surface area contributed by atoms with Crippen molar-refractivity contribution >= 4 is 11.6 Å². The van der Waals surface area contributed by atoms with Gasteiger partial charge < -0.3 is 9.84 Å². The van der Waals surface area contributed by atoms with Crippen molar-refractivity contribution in [2.24, 2.45) is 0 Å². The maximum atomic E-state index is 13.7. The molecule has 0 fully saturated rings. The number of halogens is 4. The molecule has 0 saturated heterocycles. The molecule has 0 saturated carbocycles. The second-order valence-corrected chi connectivity index (χ2v) is 6.53. The third-order valence-corrected chi connectivity index (χ3v) is 4.27. The number of carbonyl (C=O) groups is 1. The van der Waals surface area contributed by atoms with Crippen molar-refractivity contribution in [3.05, 3.63) is 70.9 Å². The molecule has 0 aliphatic carbocycles. The zero-order chi connectivity index (χ0) is 21.1. The van der Waals surface area contributed by atoms with Crippen molar-refractivity contribution in [2.45, 2.75) is 13.5 Å². The summed E-state index contributed by atoms with van der Waals surface area (Å²) >= 11 is 0. The Morgan fingerprint density at radius 2 is 1.76 bits per heavy atom. The van der Waals surface area contributed by atoms with E-state index < -0.39 is 29.0 Å². The Kier molecular flexibility index (Phi) is 5.97. The fourth-order valence-corrected chi connectivity index (χ4v) is 2.76. The van der Waals surface area contributed by atoms with Crippen LogP contribution in [-0.2, 0) is 11.3 Å². The molecule has 3 rings (SSSR count). The number of hydrogen-bond donors (Lipinski definition) is 1. The number of nitrogens with one attached hydrogen (secondary N) is 1. The van der Waals surface area contributed by atoms with Gasteiger partial charge in [0.15, 0.2) is 23.2 Å². The van der Waals surface area contributed by atoms with Crippen LogP contribution in [0.1, 0.15) is 11.3 Å². The molecule has 152 valence electrons. The van der Waals surface area contributed by atoms with Gasteiger partial charge in [0.2, 0.25) is 5.91 Å². The average Bonchev–Trinajstić information content (AvgIpc) is 3.03. The van der Waals surface area contributed by atoms with Crippen LogP contribution in [0.4, 0.5) is 23.2 Å². The van der Waals surface area contributed by atoms with Gasteiger partial charge in [-0.2, -0.15) is 0 Å². The van der Waals surface area contributed by atoms with E-state index in [0.29, 0.717) is 17.0 Å². The molecule has 0 aliphatic rings. The van der Waals surface area contributed by atoms with Gasteiger partial charge >= 0.3 is 0 Å². The van der Waals surface area contributed by atoms with Gasteiger partial charge in [0.05, 0.1) is 12.2 Å². The first-order valence-electron chi connectivity index (χ1n) is 8.59. The molecule has 1 aromatic heterocycles. The molecule has 0 spiro atoms. The number of amides is 1. The SMILES string of the molecule is Cc1c(CN(C)CC(=O)Nc2ccc(F)c(F)c2F)noc1-c1ccc(F)cc1. The van der Waals surface area contributed by atoms with Crippen molar-refractivity contribution in [2.75, 3.05) is 18.9 Å². The van der Waals surface area contributed by atoms with Crippen LogP contribution in [0.15, 0.2) is 40.9 Å². The van der Waals surface area contributed by atoms with Gasteiger partial charge in [-0.3, -0.25) is 9.69 Å². The van der Waals surface area contributed by atoms with E-state index in [2.05, 4.69) is 10.5 Å². The Morgan fingerprint density at radius 1 is 1.07 bits per heavy atom. The number of nitrogens with zero attached hydrogens (tertiary/aromatic N) is 2. The summed E-state index contributed by atoms with van der Waals surface area (Å²) in [6.07, 6.45) is 0. The van der Waals surface area contributed by atoms with Crippen molar-refractivity contribution in [1.29, 1.82) is 0 Å². The molecule has 3 aromatic rings. The minimum absolute atomic E-state index is 0.156. The van der Waals surface area contributed by atoms with E-state index in [0.717, 1.165) is 17.7 Å². The lowest BCUT2D eigenvalue weighted by molar-refractivity contribution is -0.117. The van der Waals surface area contributed by atoms with Gasteiger partial charge in [0.1, 0.15) is 11.5 Å². The summed E-state index contributed by atoms with van der Waals surface area (Å²) in [5.41, 5.74) is 1.52. The molecule has 0 aliphatic heterocycles. The van der Waals surface area contributed by atoms with Crippen molar-refractivity contribution in [3.63, 3.8) is 0 Å². The Labute approximate surface area is 163 Å². The van der Waals surface area contributed by atoms with Gasteiger partial charge in [-0.15, -0.1) is 0 Å². The van der Waals surface area contributed by atoms with E-state index in [9.17, 15) is 22.4 Å². The molecule has 29 heavy (non-hydrogen) atoms. The summed E-state index contributed by atoms with van der Waals surface area (Å²) in [5.74, 6) is -4.94. The molecule has 5 nitrogen and oxygen atoms in total. The lowest BCUT2D eigenvalue weighted by Crippen LogP contribution is -2.30. The normalized spacial score (nSPS) is 11.1. The summed E-state index contributed by atoms with van der Waals surface area (Å²) in [5, 5.41) is 6.19. The number of hydrogen-bond acceptors (Lipinski definition) is 4. The average molecular weight is 407 g/mol. The Bertz CT molecular complexity index is 1030. The standard InChI is InChI=1S/C20H17F4N3O2/c1-11-16(26-29-20(11)12-3-5-13(21)6-4-12)9-27(2)10-17(28)25-15-8-7-14(22)18(23)19(15)24/h3-8H,9-10H2,1-2H3,(H,25,28). The maximum absolute atomic E-state index is 13.7. The molecule has 0 unspecified atom stereocenters. The van der Waals surface area contributed by atoms with Crippen LogP contribution >= 0.6 is 0 Å². The molecule has 1 heterocycles. The minimum Gasteiger partial charge on any atom is -0.356 e. The largest absolute Gasteiger partial charge is 0.356 e. The number of aromatic nitrogens is 1. The number of anilines is 1. The first-order chi connectivity index (χ1) is 13.8. The fourth-order valence-electron chi connectivity index (χ4n) is 2.76. The van der Waals surface area contributed by atoms with Crippen molar-refractivity contribution in [1.82, 2.24) is 10.1 Å². The van der Waals surface area contributed by atoms with E-state index in [1.54, 1.807) is 31.0 Å². The number of likely N-dealkylation sites (N-methyl/N-ethyl adjacent to an activating group) is 1. The van der Waals surface area contributed by atoms with Crippen LogP contribution in [0.3, 0.4) is 0 Å². The third-order valence-electron chi connectivity index (χ3n) is 4.27. The first-order valence-corrected chi connectivity index (χ1v) is 8.59. The third kappa shape index (κ3) is 4.62. The Hall–Kier alpha value is -3.20. The van der Waals surface area contributed by atoms with Crippen LogP contribution in [0.2, 0.25) is 0 Å². The van der Waals surface area contributed by atoms with E-state index in [1.807, 2.05) is 0 Å². The monoisotopic (exact) mass is 407 g/mol. The van der Waals surface area contributed by atoms with Crippen molar-refractivity contribution < 1.29 is 26.9 Å². The van der Waals surface area contributed by atoms with Crippen LogP contribution in [-0.4, -0.2) is 29.6 Å². The zero-order valence-corrected chi connectivity index (χ0v) is 15.6. The van der Waals surface area contributed by atoms with Gasteiger partial charge in [0.25, 0.3) is 0 Å². The van der Waals surface area contributed by atoms with Crippen molar-refractivity contribution in [3.8, 4) is 11.3 Å². The van der Waals surface area contributed by atoms with E-state index in [1.165, 1.54) is 12.1 Å². The summed E-state index contributed by atoms with van der Waals surface area (Å²) in [7, 11) is 1.63. The zero-order valence-electron chi connectivity index (χ0n) is 15.6. The summed E-state index contributed by atoms with van der Waals surface area (Å²) in [6, 6.07) is 7.44. The fraction of sp³-hybridized carbons (Fsp3) is 0.200. The van der Waals surface area contributed by atoms with Crippen LogP contribution in [0, 0.1) is 30.2 Å². The Balaban J connectivity index is 1.64. The second-order valence-electron chi connectivity index (χ2n) is 6.53. The van der Waals surface area contributed by atoms with Gasteiger partial charge in [-0.05, 0) is 50.4 Å². The molecule has 0 bridgehead atoms. The highest BCUT2D eigenvalue weighted by Gasteiger charge is 2.18. The van der Waals surface area contributed by atoms with Gasteiger partial charge in [-0.1, -0.05) is 5.16 Å². The van der Waals surface area contributed by atoms with Gasteiger partial charge in [-0.25, -0.2) is 17.6 Å². The van der Waals surface area contributed by atoms with Crippen LogP contribution in [0.5, 0.6) is 0 Å². The highest BCUT2D eigenvalue weighted by Crippen LogP contribution is 2.26. The van der Waals surface area contributed by atoms with Crippen LogP contribution in [0.25, 0.3) is 11.3 Å². The number of carbonyl (C=O) groups excluding carboxylic acids is 1. The highest BCUT2D eigenvalue weighted by molar-refractivity contribution is 5.92. The molecule has 0 atom stereocenters. The smallest absolute Gasteiger partial charge is 0.238 e. The molecule has 2 aromatic carbocycles. The number of rotatable bonds is 6. The number of benzene rings is 2. The van der Waals surface area contributed by atoms with E-state index in [4.69, 9.17) is 4.52 Å². The molecule has 1 N–H and O–H groups in total. The topological polar surface area (TPSA) is 58.4 Å². The second kappa shape index (κ2) is 8.44. The van der Waals surface area contributed by atoms with Crippen LogP contribution < -0.4 is 5.32 Å². The summed E-state index contributed by atoms with van der Waals surface area (Å²) < 4.78 is 58.3. The molecular formula is C20H17F4N3O2. The van der Waals surface area contributed by atoms with E-state index in [-0.39, 0.29) is 18.9 Å². The first kappa shape index (κ1) is 20.5. The minimum atomic E-state index is -1.65. The van der Waals surface area contributed by atoms with E-state index >= 15 is 0 Å². The van der Waals surface area contributed by atoms with Gasteiger partial charge in [0, 0.05) is 17.7 Å². The Morgan fingerprint density at radius 3 is 2.45 bits per heavy atom. The lowest BCUT2D eigenvalue weighted by atomic mass is 10.1. The summed E-state index contributed by atoms with van der Waals surface area (Å²) in [4.78, 5) is 13.7. The predicted octanol–water partition coefficient (Wildman–Crippen LogP) is 4.28. The summed E-state index contributed by atoms with van der Waals surface area (Å²) in [6.45, 7) is 1.87. The molecule has 1 amide bonds. The maximum Gasteiger partial charge on any atom is 0.238 e. The lowest BCUT2D eigenvalue weighted by Gasteiger charge is -2.15. The predicted molar refractivity (Wildman–Crippen MR) is 97.9 cm³/mol. The molecule has 0 radical (unpaired) electrons. The molecular weight excluding hydrogens is 390 g/mol.